The van der Waals surface area contributed by atoms with Gasteiger partial charge < -0.3 is 14.4 Å². The van der Waals surface area contributed by atoms with Crippen LogP contribution in [0.15, 0.2) is 54.6 Å². The summed E-state index contributed by atoms with van der Waals surface area (Å²) >= 11 is 0. The van der Waals surface area contributed by atoms with Gasteiger partial charge in [-0.15, -0.1) is 0 Å². The van der Waals surface area contributed by atoms with Crippen LogP contribution in [-0.2, 0) is 16.7 Å². The van der Waals surface area contributed by atoms with Crippen LogP contribution in [0.4, 0.5) is 0 Å². The molecular weight excluding hydrogens is 374 g/mol. The van der Waals surface area contributed by atoms with Crippen molar-refractivity contribution in [1.82, 2.24) is 4.57 Å². The number of carbonyl (C=O) groups excluding carboxylic acids is 1. The van der Waals surface area contributed by atoms with E-state index in [9.17, 15) is 9.90 Å². The third kappa shape index (κ3) is 3.22. The maximum absolute atomic E-state index is 12.6. The molecule has 0 saturated heterocycles. The molecule has 0 spiro atoms. The summed E-state index contributed by atoms with van der Waals surface area (Å²) in [5.74, 6) is -0.232. The summed E-state index contributed by atoms with van der Waals surface area (Å²) < 4.78 is 7.21. The van der Waals surface area contributed by atoms with Crippen LogP contribution in [0.25, 0.3) is 21.7 Å². The topological polar surface area (TPSA) is 51.5 Å². The van der Waals surface area contributed by atoms with Gasteiger partial charge in [-0.05, 0) is 29.5 Å². The number of aromatic hydroxyl groups is 1. The molecule has 1 aromatic heterocycles. The van der Waals surface area contributed by atoms with Gasteiger partial charge in [0.2, 0.25) is 0 Å². The van der Waals surface area contributed by atoms with Gasteiger partial charge in [-0.1, -0.05) is 69.3 Å². The third-order valence-corrected chi connectivity index (χ3v) is 5.85. The first-order chi connectivity index (χ1) is 14.2. The number of benzene rings is 3. The Morgan fingerprint density at radius 1 is 1.00 bits per heavy atom. The highest BCUT2D eigenvalue weighted by atomic mass is 16.5. The Bertz CT molecular complexity index is 1260. The number of rotatable bonds is 3. The van der Waals surface area contributed by atoms with Gasteiger partial charge in [0.25, 0.3) is 0 Å². The van der Waals surface area contributed by atoms with Crippen LogP contribution >= 0.6 is 0 Å². The van der Waals surface area contributed by atoms with E-state index in [1.54, 1.807) is 6.07 Å². The minimum atomic E-state index is -0.394. The first-order valence-electron chi connectivity index (χ1n) is 10.1. The van der Waals surface area contributed by atoms with E-state index < -0.39 is 5.97 Å². The Kier molecular flexibility index (Phi) is 4.81. The van der Waals surface area contributed by atoms with E-state index in [4.69, 9.17) is 4.74 Å². The Hall–Kier alpha value is -3.27. The van der Waals surface area contributed by atoms with Crippen LogP contribution in [0.5, 0.6) is 5.75 Å². The third-order valence-electron chi connectivity index (χ3n) is 5.85. The summed E-state index contributed by atoms with van der Waals surface area (Å²) in [6.07, 6.45) is 0. The van der Waals surface area contributed by atoms with E-state index in [2.05, 4.69) is 49.6 Å². The standard InChI is InChI=1S/C26H27NO3/c1-16-23(25(29)30-5)21-14-22(28)19-8-6-7-9-20(19)24(21)27(16)15-17-10-12-18(13-11-17)26(2,3)4/h6-14,28H,15H2,1-5H3. The highest BCUT2D eigenvalue weighted by Crippen LogP contribution is 2.38. The Morgan fingerprint density at radius 3 is 2.23 bits per heavy atom. The maximum Gasteiger partial charge on any atom is 0.340 e. The van der Waals surface area contributed by atoms with E-state index in [0.717, 1.165) is 27.5 Å². The summed E-state index contributed by atoms with van der Waals surface area (Å²) in [7, 11) is 1.39. The van der Waals surface area contributed by atoms with Crippen molar-refractivity contribution in [2.45, 2.75) is 39.7 Å². The summed E-state index contributed by atoms with van der Waals surface area (Å²) in [6.45, 7) is 9.16. The van der Waals surface area contributed by atoms with Gasteiger partial charge in [-0.25, -0.2) is 4.79 Å². The smallest absolute Gasteiger partial charge is 0.340 e. The molecule has 3 aromatic carbocycles. The van der Waals surface area contributed by atoms with Gasteiger partial charge in [0, 0.05) is 28.4 Å². The second kappa shape index (κ2) is 7.21. The maximum atomic E-state index is 12.6. The molecule has 0 saturated carbocycles. The number of fused-ring (bicyclic) bond motifs is 3. The number of hydrogen-bond acceptors (Lipinski definition) is 3. The van der Waals surface area contributed by atoms with Crippen molar-refractivity contribution in [3.8, 4) is 5.75 Å². The van der Waals surface area contributed by atoms with Crippen LogP contribution in [-0.4, -0.2) is 22.8 Å². The molecule has 0 bridgehead atoms. The molecule has 0 aliphatic carbocycles. The van der Waals surface area contributed by atoms with Crippen molar-refractivity contribution in [1.29, 1.82) is 0 Å². The zero-order valence-electron chi connectivity index (χ0n) is 18.1. The highest BCUT2D eigenvalue weighted by molar-refractivity contribution is 6.16. The molecule has 0 unspecified atom stereocenters. The highest BCUT2D eigenvalue weighted by Gasteiger charge is 2.23. The lowest BCUT2D eigenvalue weighted by Gasteiger charge is -2.19. The molecule has 0 atom stereocenters. The van der Waals surface area contributed by atoms with Gasteiger partial charge in [0.15, 0.2) is 0 Å². The van der Waals surface area contributed by atoms with Gasteiger partial charge in [0.1, 0.15) is 5.75 Å². The molecule has 4 aromatic rings. The van der Waals surface area contributed by atoms with Gasteiger partial charge in [-0.3, -0.25) is 0 Å². The van der Waals surface area contributed by atoms with Crippen molar-refractivity contribution >= 4 is 27.6 Å². The number of aromatic nitrogens is 1. The number of carbonyl (C=O) groups is 1. The van der Waals surface area contributed by atoms with E-state index in [0.29, 0.717) is 17.5 Å². The summed E-state index contributed by atoms with van der Waals surface area (Å²) in [5.41, 5.74) is 4.79. The fraction of sp³-hybridized carbons (Fsp3) is 0.269. The number of hydrogen-bond donors (Lipinski definition) is 1. The average Bonchev–Trinajstić information content (AvgIpc) is 2.99. The van der Waals surface area contributed by atoms with E-state index in [1.165, 1.54) is 12.7 Å². The average molecular weight is 402 g/mol. The second-order valence-corrected chi connectivity index (χ2v) is 8.82. The number of phenolic OH excluding ortho intramolecular Hbond substituents is 1. The summed E-state index contributed by atoms with van der Waals surface area (Å²) in [4.78, 5) is 12.6. The van der Waals surface area contributed by atoms with Crippen molar-refractivity contribution in [3.05, 3.63) is 77.0 Å². The van der Waals surface area contributed by atoms with Crippen LogP contribution in [0.3, 0.4) is 0 Å². The number of esters is 1. The molecule has 0 amide bonds. The van der Waals surface area contributed by atoms with E-state index in [1.807, 2.05) is 31.2 Å². The van der Waals surface area contributed by atoms with Crippen LogP contribution in [0, 0.1) is 6.92 Å². The molecule has 0 fully saturated rings. The molecule has 1 heterocycles. The molecule has 154 valence electrons. The lowest BCUT2D eigenvalue weighted by atomic mass is 9.87. The van der Waals surface area contributed by atoms with Crippen LogP contribution in [0.2, 0.25) is 0 Å². The normalized spacial score (nSPS) is 11.9. The number of nitrogens with zero attached hydrogens (tertiary/aromatic N) is 1. The monoisotopic (exact) mass is 401 g/mol. The molecule has 0 aliphatic heterocycles. The molecule has 30 heavy (non-hydrogen) atoms. The summed E-state index contributed by atoms with van der Waals surface area (Å²) in [5, 5.41) is 13.0. The van der Waals surface area contributed by atoms with Crippen molar-refractivity contribution in [2.75, 3.05) is 7.11 Å². The van der Waals surface area contributed by atoms with Crippen LogP contribution in [0.1, 0.15) is 48.0 Å². The predicted molar refractivity (Wildman–Crippen MR) is 121 cm³/mol. The van der Waals surface area contributed by atoms with Crippen molar-refractivity contribution in [2.24, 2.45) is 0 Å². The fourth-order valence-electron chi connectivity index (χ4n) is 4.17. The molecule has 4 heteroatoms. The largest absolute Gasteiger partial charge is 0.507 e. The zero-order chi connectivity index (χ0) is 21.6. The molecule has 4 rings (SSSR count). The lowest BCUT2D eigenvalue weighted by molar-refractivity contribution is 0.0602. The Morgan fingerprint density at radius 2 is 1.63 bits per heavy atom. The number of ether oxygens (including phenoxy) is 1. The predicted octanol–water partition coefficient (Wildman–Crippen LogP) is 5.94. The number of methoxy groups -OCH3 is 1. The Balaban J connectivity index is 1.96. The minimum Gasteiger partial charge on any atom is -0.507 e. The first kappa shape index (κ1) is 20.0. The summed E-state index contributed by atoms with van der Waals surface area (Å²) in [6, 6.07) is 18.0. The van der Waals surface area contributed by atoms with Gasteiger partial charge in [-0.2, -0.15) is 0 Å². The Labute approximate surface area is 176 Å². The molecule has 0 radical (unpaired) electrons. The molecular formula is C26H27NO3. The molecule has 4 nitrogen and oxygen atoms in total. The SMILES string of the molecule is COC(=O)c1c(C)n(Cc2ccc(C(C)(C)C)cc2)c2c1cc(O)c1ccccc12. The van der Waals surface area contributed by atoms with Crippen molar-refractivity contribution < 1.29 is 14.6 Å². The minimum absolute atomic E-state index is 0.0976. The van der Waals surface area contributed by atoms with E-state index in [-0.39, 0.29) is 11.2 Å². The van der Waals surface area contributed by atoms with Crippen LogP contribution < -0.4 is 0 Å². The van der Waals surface area contributed by atoms with Gasteiger partial charge in [0.05, 0.1) is 18.2 Å². The van der Waals surface area contributed by atoms with Gasteiger partial charge >= 0.3 is 5.97 Å². The molecule has 1 N–H and O–H groups in total. The first-order valence-corrected chi connectivity index (χ1v) is 10.1. The van der Waals surface area contributed by atoms with Crippen molar-refractivity contribution in [3.63, 3.8) is 0 Å². The number of phenols is 1. The fourth-order valence-corrected chi connectivity index (χ4v) is 4.17. The lowest BCUT2D eigenvalue weighted by Crippen LogP contribution is -2.11. The second-order valence-electron chi connectivity index (χ2n) is 8.82. The quantitative estimate of drug-likeness (QED) is 0.432. The zero-order valence-corrected chi connectivity index (χ0v) is 18.1. The molecule has 0 aliphatic rings. The van der Waals surface area contributed by atoms with E-state index >= 15 is 0 Å².